The van der Waals surface area contributed by atoms with Crippen molar-refractivity contribution in [2.45, 2.75) is 37.8 Å². The molecule has 0 radical (unpaired) electrons. The maximum Gasteiger partial charge on any atom is 0.0683 e. The largest absolute Gasteiger partial charge is 0.357 e. The summed E-state index contributed by atoms with van der Waals surface area (Å²) in [5.41, 5.74) is 3.35. The zero-order valence-corrected chi connectivity index (χ0v) is 13.5. The van der Waals surface area contributed by atoms with Gasteiger partial charge in [-0.05, 0) is 36.4 Å². The first-order valence-electron chi connectivity index (χ1n) is 7.70. The highest BCUT2D eigenvalue weighted by molar-refractivity contribution is 7.27. The Morgan fingerprint density at radius 2 is 1.81 bits per heavy atom. The Balaban J connectivity index is 1.74. The molecule has 0 atom stereocenters. The molecule has 0 bridgehead atoms. The lowest BCUT2D eigenvalue weighted by atomic mass is 9.89. The molecule has 1 saturated carbocycles. The standard InChI is InChI=1S/C18H17NS2/c1-2-6-13(7-3-1)19-12-15-16(18(19)9-4-5-10-18)17-14(21-15)8-11-20-17/h1-3,6-8,11H,4-5,9-10,12H2. The van der Waals surface area contributed by atoms with Crippen molar-refractivity contribution in [1.29, 1.82) is 0 Å². The molecule has 1 aliphatic heterocycles. The maximum absolute atomic E-state index is 2.69. The Morgan fingerprint density at radius 1 is 1.00 bits per heavy atom. The van der Waals surface area contributed by atoms with E-state index in [4.69, 9.17) is 0 Å². The molecule has 0 N–H and O–H groups in total. The SMILES string of the molecule is c1ccc(N2Cc3sc4ccsc4c3C23CCCC3)cc1. The van der Waals surface area contributed by atoms with E-state index >= 15 is 0 Å². The molecule has 1 nitrogen and oxygen atoms in total. The number of rotatable bonds is 1. The number of hydrogen-bond acceptors (Lipinski definition) is 3. The van der Waals surface area contributed by atoms with Gasteiger partial charge in [-0.2, -0.15) is 0 Å². The van der Waals surface area contributed by atoms with Crippen molar-refractivity contribution < 1.29 is 0 Å². The lowest BCUT2D eigenvalue weighted by Gasteiger charge is -2.37. The smallest absolute Gasteiger partial charge is 0.0683 e. The van der Waals surface area contributed by atoms with Crippen molar-refractivity contribution in [1.82, 2.24) is 0 Å². The highest BCUT2D eigenvalue weighted by Crippen LogP contribution is 2.57. The zero-order valence-electron chi connectivity index (χ0n) is 11.8. The van der Waals surface area contributed by atoms with Gasteiger partial charge in [0.25, 0.3) is 0 Å². The number of fused-ring (bicyclic) bond motifs is 4. The highest BCUT2D eigenvalue weighted by Gasteiger charge is 2.49. The molecule has 3 aromatic rings. The van der Waals surface area contributed by atoms with Gasteiger partial charge in [-0.15, -0.1) is 22.7 Å². The van der Waals surface area contributed by atoms with Crippen molar-refractivity contribution in [3.63, 3.8) is 0 Å². The molecular weight excluding hydrogens is 294 g/mol. The average molecular weight is 311 g/mol. The Morgan fingerprint density at radius 3 is 2.62 bits per heavy atom. The van der Waals surface area contributed by atoms with Gasteiger partial charge in [0, 0.05) is 20.8 Å². The molecule has 0 saturated heterocycles. The number of nitrogens with zero attached hydrogens (tertiary/aromatic N) is 1. The first-order chi connectivity index (χ1) is 10.4. The van der Waals surface area contributed by atoms with Gasteiger partial charge >= 0.3 is 0 Å². The number of thiophene rings is 2. The van der Waals surface area contributed by atoms with E-state index < -0.39 is 0 Å². The minimum atomic E-state index is 0.278. The molecule has 1 aliphatic carbocycles. The second-order valence-corrected chi connectivity index (χ2v) is 8.23. The summed E-state index contributed by atoms with van der Waals surface area (Å²) in [5.74, 6) is 0. The molecule has 1 fully saturated rings. The van der Waals surface area contributed by atoms with Crippen LogP contribution >= 0.6 is 22.7 Å². The molecule has 21 heavy (non-hydrogen) atoms. The Labute approximate surface area is 132 Å². The van der Waals surface area contributed by atoms with Gasteiger partial charge in [-0.3, -0.25) is 0 Å². The van der Waals surface area contributed by atoms with Crippen LogP contribution < -0.4 is 4.90 Å². The van der Waals surface area contributed by atoms with Crippen LogP contribution in [-0.4, -0.2) is 0 Å². The summed E-state index contributed by atoms with van der Waals surface area (Å²) in [6.45, 7) is 1.10. The van der Waals surface area contributed by atoms with Crippen molar-refractivity contribution >= 4 is 37.8 Å². The predicted octanol–water partition coefficient (Wildman–Crippen LogP) is 5.75. The highest BCUT2D eigenvalue weighted by atomic mass is 32.1. The third-order valence-electron chi connectivity index (χ3n) is 5.15. The third-order valence-corrected chi connectivity index (χ3v) is 7.35. The van der Waals surface area contributed by atoms with E-state index in [0.29, 0.717) is 0 Å². The second kappa shape index (κ2) is 4.34. The molecule has 1 aromatic carbocycles. The second-order valence-electron chi connectivity index (χ2n) is 6.17. The van der Waals surface area contributed by atoms with Gasteiger partial charge in [0.2, 0.25) is 0 Å². The lowest BCUT2D eigenvalue weighted by molar-refractivity contribution is 0.441. The molecule has 3 heteroatoms. The van der Waals surface area contributed by atoms with Crippen molar-refractivity contribution in [2.75, 3.05) is 4.90 Å². The summed E-state index contributed by atoms with van der Waals surface area (Å²) in [6, 6.07) is 13.3. The Kier molecular flexibility index (Phi) is 2.53. The summed E-state index contributed by atoms with van der Waals surface area (Å²) in [4.78, 5) is 4.31. The minimum Gasteiger partial charge on any atom is -0.357 e. The van der Waals surface area contributed by atoms with E-state index in [9.17, 15) is 0 Å². The van der Waals surface area contributed by atoms with E-state index in [1.165, 1.54) is 36.1 Å². The number of anilines is 1. The normalized spacial score (nSPS) is 19.7. The summed E-state index contributed by atoms with van der Waals surface area (Å²) in [6.07, 6.45) is 5.37. The van der Waals surface area contributed by atoms with E-state index in [0.717, 1.165) is 6.54 Å². The van der Waals surface area contributed by atoms with Crippen LogP contribution in [0.5, 0.6) is 0 Å². The molecule has 1 spiro atoms. The van der Waals surface area contributed by atoms with Crippen LogP contribution in [-0.2, 0) is 12.1 Å². The minimum absolute atomic E-state index is 0.278. The zero-order chi connectivity index (χ0) is 13.9. The van der Waals surface area contributed by atoms with Crippen molar-refractivity contribution in [2.24, 2.45) is 0 Å². The van der Waals surface area contributed by atoms with E-state index in [-0.39, 0.29) is 5.54 Å². The van der Waals surface area contributed by atoms with E-state index in [1.54, 1.807) is 15.1 Å². The summed E-state index contributed by atoms with van der Waals surface area (Å²) < 4.78 is 3.07. The first-order valence-corrected chi connectivity index (χ1v) is 9.40. The van der Waals surface area contributed by atoms with Gasteiger partial charge in [-0.1, -0.05) is 31.0 Å². The maximum atomic E-state index is 2.69. The fourth-order valence-corrected chi connectivity index (χ4v) is 6.87. The van der Waals surface area contributed by atoms with Gasteiger partial charge in [0.1, 0.15) is 0 Å². The summed E-state index contributed by atoms with van der Waals surface area (Å²) >= 11 is 3.96. The molecular formula is C18H17NS2. The van der Waals surface area contributed by atoms with E-state index in [1.807, 2.05) is 22.7 Å². The number of para-hydroxylation sites is 1. The fraction of sp³-hybridized carbons (Fsp3) is 0.333. The predicted molar refractivity (Wildman–Crippen MR) is 92.5 cm³/mol. The van der Waals surface area contributed by atoms with Crippen LogP contribution in [0.25, 0.3) is 9.40 Å². The first kappa shape index (κ1) is 12.2. The molecule has 0 unspecified atom stereocenters. The molecule has 2 aromatic heterocycles. The van der Waals surface area contributed by atoms with Gasteiger partial charge < -0.3 is 4.90 Å². The van der Waals surface area contributed by atoms with Crippen molar-refractivity contribution in [3.05, 3.63) is 52.2 Å². The van der Waals surface area contributed by atoms with Gasteiger partial charge in [0.05, 0.1) is 16.8 Å². The van der Waals surface area contributed by atoms with Gasteiger partial charge in [0.15, 0.2) is 0 Å². The van der Waals surface area contributed by atoms with Crippen LogP contribution in [0, 0.1) is 0 Å². The van der Waals surface area contributed by atoms with Crippen LogP contribution in [0.3, 0.4) is 0 Å². The average Bonchev–Trinajstić information content (AvgIpc) is 3.24. The fourth-order valence-electron chi connectivity index (χ4n) is 4.31. The lowest BCUT2D eigenvalue weighted by Crippen LogP contribution is -2.38. The van der Waals surface area contributed by atoms with E-state index in [2.05, 4.69) is 46.7 Å². The van der Waals surface area contributed by atoms with Gasteiger partial charge in [-0.25, -0.2) is 0 Å². The molecule has 0 amide bonds. The number of benzene rings is 1. The topological polar surface area (TPSA) is 3.24 Å². The molecule has 3 heterocycles. The quantitative estimate of drug-likeness (QED) is 0.553. The van der Waals surface area contributed by atoms with Crippen LogP contribution in [0.4, 0.5) is 5.69 Å². The summed E-state index contributed by atoms with van der Waals surface area (Å²) in [5, 5.41) is 2.26. The van der Waals surface area contributed by atoms with Crippen LogP contribution in [0.2, 0.25) is 0 Å². The molecule has 2 aliphatic rings. The monoisotopic (exact) mass is 311 g/mol. The van der Waals surface area contributed by atoms with Crippen LogP contribution in [0.1, 0.15) is 36.1 Å². The summed E-state index contributed by atoms with van der Waals surface area (Å²) in [7, 11) is 0. The molecule has 106 valence electrons. The third kappa shape index (κ3) is 1.56. The van der Waals surface area contributed by atoms with Crippen molar-refractivity contribution in [3.8, 4) is 0 Å². The number of hydrogen-bond donors (Lipinski definition) is 0. The Hall–Kier alpha value is -1.32. The molecule has 5 rings (SSSR count). The Bertz CT molecular complexity index is 793. The van der Waals surface area contributed by atoms with Crippen LogP contribution in [0.15, 0.2) is 41.8 Å².